The van der Waals surface area contributed by atoms with E-state index in [2.05, 4.69) is 36.7 Å². The molecule has 0 spiro atoms. The van der Waals surface area contributed by atoms with Crippen molar-refractivity contribution in [1.29, 1.82) is 0 Å². The first-order valence-corrected chi connectivity index (χ1v) is 10.6. The zero-order chi connectivity index (χ0) is 20.9. The second-order valence-corrected chi connectivity index (χ2v) is 8.27. The van der Waals surface area contributed by atoms with E-state index in [9.17, 15) is 4.79 Å². The Morgan fingerprint density at radius 1 is 1.28 bits per heavy atom. The molecule has 1 aliphatic heterocycles. The van der Waals surface area contributed by atoms with Crippen LogP contribution in [0.4, 0.5) is 0 Å². The summed E-state index contributed by atoms with van der Waals surface area (Å²) in [7, 11) is 0. The van der Waals surface area contributed by atoms with E-state index in [1.807, 2.05) is 31.2 Å². The standard InChI is InChI=1S/C22H34N4O3/c1-5-23-18(27)14-29-16-9-7-8-15(12-16)13-25-21(24-6-2)26-19-17-10-11-28-20(17)22(19,3)4/h7-9,12,17,19-20H,5-6,10-11,13-14H2,1-4H3,(H,23,27)(H2,24,25,26). The first-order chi connectivity index (χ1) is 14.0. The summed E-state index contributed by atoms with van der Waals surface area (Å²) in [5.41, 5.74) is 1.13. The number of nitrogens with zero attached hydrogens (tertiary/aromatic N) is 1. The van der Waals surface area contributed by atoms with Crippen LogP contribution in [0, 0.1) is 11.3 Å². The SMILES string of the molecule is CCNC(=O)COc1cccc(CN=C(NCC)NC2C3CCOC3C2(C)C)c1. The minimum Gasteiger partial charge on any atom is -0.484 e. The van der Waals surface area contributed by atoms with Crippen LogP contribution in [0.5, 0.6) is 5.75 Å². The Morgan fingerprint density at radius 2 is 2.07 bits per heavy atom. The van der Waals surface area contributed by atoms with Gasteiger partial charge in [0.15, 0.2) is 12.6 Å². The number of carbonyl (C=O) groups is 1. The van der Waals surface area contributed by atoms with Gasteiger partial charge in [0.1, 0.15) is 5.75 Å². The van der Waals surface area contributed by atoms with Crippen molar-refractivity contribution in [3.05, 3.63) is 29.8 Å². The van der Waals surface area contributed by atoms with E-state index in [1.165, 1.54) is 0 Å². The van der Waals surface area contributed by atoms with Crippen molar-refractivity contribution in [2.45, 2.75) is 52.8 Å². The molecule has 2 fully saturated rings. The molecule has 3 unspecified atom stereocenters. The summed E-state index contributed by atoms with van der Waals surface area (Å²) in [5.74, 6) is 1.93. The van der Waals surface area contributed by atoms with Crippen molar-refractivity contribution >= 4 is 11.9 Å². The van der Waals surface area contributed by atoms with E-state index in [-0.39, 0.29) is 17.9 Å². The number of guanidine groups is 1. The molecule has 1 heterocycles. The molecule has 0 bridgehead atoms. The average Bonchev–Trinajstić information content (AvgIpc) is 3.16. The molecule has 2 aliphatic rings. The fraction of sp³-hybridized carbons (Fsp3) is 0.636. The van der Waals surface area contributed by atoms with Crippen LogP contribution < -0.4 is 20.7 Å². The predicted octanol–water partition coefficient (Wildman–Crippen LogP) is 2.07. The van der Waals surface area contributed by atoms with Crippen LogP contribution in [0.25, 0.3) is 0 Å². The number of nitrogens with one attached hydrogen (secondary N) is 3. The van der Waals surface area contributed by atoms with Gasteiger partial charge in [-0.15, -0.1) is 0 Å². The Bertz CT molecular complexity index is 735. The molecular formula is C22H34N4O3. The van der Waals surface area contributed by atoms with Crippen LogP contribution >= 0.6 is 0 Å². The van der Waals surface area contributed by atoms with Crippen molar-refractivity contribution < 1.29 is 14.3 Å². The van der Waals surface area contributed by atoms with Crippen LogP contribution in [-0.4, -0.2) is 50.3 Å². The smallest absolute Gasteiger partial charge is 0.257 e. The number of aliphatic imine (C=N–C) groups is 1. The quantitative estimate of drug-likeness (QED) is 0.458. The first-order valence-electron chi connectivity index (χ1n) is 10.6. The van der Waals surface area contributed by atoms with Crippen LogP contribution in [0.3, 0.4) is 0 Å². The van der Waals surface area contributed by atoms with Crippen LogP contribution in [0.15, 0.2) is 29.3 Å². The maximum atomic E-state index is 11.6. The number of likely N-dealkylation sites (N-methyl/N-ethyl adjacent to an activating group) is 1. The number of carbonyl (C=O) groups excluding carboxylic acids is 1. The van der Waals surface area contributed by atoms with Crippen molar-refractivity contribution in [2.24, 2.45) is 16.3 Å². The second-order valence-electron chi connectivity index (χ2n) is 8.27. The van der Waals surface area contributed by atoms with Gasteiger partial charge in [-0.3, -0.25) is 4.79 Å². The van der Waals surface area contributed by atoms with Crippen LogP contribution in [-0.2, 0) is 16.1 Å². The van der Waals surface area contributed by atoms with Crippen molar-refractivity contribution in [1.82, 2.24) is 16.0 Å². The largest absolute Gasteiger partial charge is 0.484 e. The van der Waals surface area contributed by atoms with E-state index in [0.717, 1.165) is 31.1 Å². The number of benzene rings is 1. The van der Waals surface area contributed by atoms with Gasteiger partial charge in [0, 0.05) is 37.1 Å². The lowest BCUT2D eigenvalue weighted by atomic mass is 9.57. The third-order valence-electron chi connectivity index (χ3n) is 5.80. The summed E-state index contributed by atoms with van der Waals surface area (Å²) in [6.07, 6.45) is 1.46. The highest BCUT2D eigenvalue weighted by molar-refractivity contribution is 5.80. The topological polar surface area (TPSA) is 84.0 Å². The highest BCUT2D eigenvalue weighted by atomic mass is 16.5. The molecule has 1 saturated heterocycles. The lowest BCUT2D eigenvalue weighted by Gasteiger charge is -2.54. The Hall–Kier alpha value is -2.28. The Labute approximate surface area is 173 Å². The van der Waals surface area contributed by atoms with E-state index in [0.29, 0.717) is 36.9 Å². The summed E-state index contributed by atoms with van der Waals surface area (Å²) in [6.45, 7) is 11.3. The van der Waals surface area contributed by atoms with Gasteiger partial charge >= 0.3 is 0 Å². The Morgan fingerprint density at radius 3 is 2.83 bits per heavy atom. The Balaban J connectivity index is 1.60. The van der Waals surface area contributed by atoms with Gasteiger partial charge in [0.05, 0.1) is 12.6 Å². The molecule has 7 heteroatoms. The Kier molecular flexibility index (Phi) is 7.00. The summed E-state index contributed by atoms with van der Waals surface area (Å²) in [5, 5.41) is 9.71. The minimum atomic E-state index is -0.119. The molecule has 1 aromatic rings. The fourth-order valence-corrected chi connectivity index (χ4v) is 4.39. The molecule has 1 aliphatic carbocycles. The first kappa shape index (κ1) is 21.4. The second kappa shape index (κ2) is 9.48. The highest BCUT2D eigenvalue weighted by Gasteiger charge is 2.59. The summed E-state index contributed by atoms with van der Waals surface area (Å²) >= 11 is 0. The summed E-state index contributed by atoms with van der Waals surface area (Å²) in [4.78, 5) is 16.3. The summed E-state index contributed by atoms with van der Waals surface area (Å²) in [6, 6.07) is 8.08. The predicted molar refractivity (Wildman–Crippen MR) is 114 cm³/mol. The van der Waals surface area contributed by atoms with E-state index < -0.39 is 0 Å². The lowest BCUT2D eigenvalue weighted by Crippen LogP contribution is -2.67. The van der Waals surface area contributed by atoms with Crippen molar-refractivity contribution in [2.75, 3.05) is 26.3 Å². The normalized spacial score (nSPS) is 25.0. The number of ether oxygens (including phenoxy) is 2. The van der Waals surface area contributed by atoms with Gasteiger partial charge in [-0.05, 0) is 38.0 Å². The molecule has 1 aromatic carbocycles. The zero-order valence-electron chi connectivity index (χ0n) is 18.0. The fourth-order valence-electron chi connectivity index (χ4n) is 4.39. The van der Waals surface area contributed by atoms with Gasteiger partial charge < -0.3 is 25.4 Å². The third-order valence-corrected chi connectivity index (χ3v) is 5.80. The number of amides is 1. The number of fused-ring (bicyclic) bond motifs is 1. The van der Waals surface area contributed by atoms with Crippen molar-refractivity contribution in [3.8, 4) is 5.75 Å². The van der Waals surface area contributed by atoms with Gasteiger partial charge in [-0.1, -0.05) is 26.0 Å². The molecule has 3 rings (SSSR count). The minimum absolute atomic E-state index is 0.0200. The van der Waals surface area contributed by atoms with E-state index in [1.54, 1.807) is 0 Å². The molecule has 3 N–H and O–H groups in total. The van der Waals surface area contributed by atoms with Gasteiger partial charge in [0.2, 0.25) is 0 Å². The average molecular weight is 403 g/mol. The zero-order valence-corrected chi connectivity index (χ0v) is 18.0. The molecule has 0 aromatic heterocycles. The van der Waals surface area contributed by atoms with Crippen LogP contribution in [0.2, 0.25) is 0 Å². The lowest BCUT2D eigenvalue weighted by molar-refractivity contribution is -0.122. The maximum absolute atomic E-state index is 11.6. The molecule has 7 nitrogen and oxygen atoms in total. The maximum Gasteiger partial charge on any atom is 0.257 e. The molecule has 3 atom stereocenters. The van der Waals surface area contributed by atoms with Gasteiger partial charge in [-0.2, -0.15) is 0 Å². The number of rotatable bonds is 8. The monoisotopic (exact) mass is 402 g/mol. The summed E-state index contributed by atoms with van der Waals surface area (Å²) < 4.78 is 11.5. The molecular weight excluding hydrogens is 368 g/mol. The van der Waals surface area contributed by atoms with Crippen molar-refractivity contribution in [3.63, 3.8) is 0 Å². The molecule has 0 radical (unpaired) electrons. The van der Waals surface area contributed by atoms with E-state index in [4.69, 9.17) is 14.5 Å². The van der Waals surface area contributed by atoms with Crippen LogP contribution in [0.1, 0.15) is 39.7 Å². The van der Waals surface area contributed by atoms with Gasteiger partial charge in [-0.25, -0.2) is 4.99 Å². The number of hydrogen-bond donors (Lipinski definition) is 3. The highest BCUT2D eigenvalue weighted by Crippen LogP contribution is 2.52. The molecule has 1 amide bonds. The molecule has 1 saturated carbocycles. The van der Waals surface area contributed by atoms with E-state index >= 15 is 0 Å². The molecule has 29 heavy (non-hydrogen) atoms. The molecule has 160 valence electrons. The third kappa shape index (κ3) is 5.01. The van der Waals surface area contributed by atoms with Gasteiger partial charge in [0.25, 0.3) is 5.91 Å². The number of hydrogen-bond acceptors (Lipinski definition) is 4.